The van der Waals surface area contributed by atoms with Gasteiger partial charge in [0.05, 0.1) is 6.54 Å². The number of aromatic nitrogens is 2. The molecule has 0 aliphatic carbocycles. The SMILES string of the molecule is Cc1nc(C2=CCN(CC(=O)NCCN3CCCCC3)CC2)no1. The second kappa shape index (κ2) is 8.39. The molecule has 3 rings (SSSR count). The molecule has 0 saturated carbocycles. The Balaban J connectivity index is 1.36. The maximum Gasteiger partial charge on any atom is 0.234 e. The fraction of sp³-hybridized carbons (Fsp3) is 0.706. The van der Waals surface area contributed by atoms with Crippen LogP contribution < -0.4 is 5.32 Å². The Morgan fingerprint density at radius 1 is 1.25 bits per heavy atom. The van der Waals surface area contributed by atoms with Crippen molar-refractivity contribution in [2.24, 2.45) is 0 Å². The van der Waals surface area contributed by atoms with Gasteiger partial charge in [-0.25, -0.2) is 0 Å². The molecule has 7 nitrogen and oxygen atoms in total. The van der Waals surface area contributed by atoms with E-state index < -0.39 is 0 Å². The van der Waals surface area contributed by atoms with Crippen LogP contribution in [0.1, 0.15) is 37.4 Å². The molecule has 2 aliphatic rings. The molecule has 7 heteroatoms. The smallest absolute Gasteiger partial charge is 0.234 e. The molecular formula is C17H27N5O2. The van der Waals surface area contributed by atoms with Crippen molar-refractivity contribution in [2.75, 3.05) is 45.8 Å². The van der Waals surface area contributed by atoms with Crippen molar-refractivity contribution in [3.05, 3.63) is 17.8 Å². The lowest BCUT2D eigenvalue weighted by Crippen LogP contribution is -2.42. The van der Waals surface area contributed by atoms with Crippen molar-refractivity contribution in [3.63, 3.8) is 0 Å². The minimum absolute atomic E-state index is 0.110. The molecule has 0 spiro atoms. The van der Waals surface area contributed by atoms with Gasteiger partial charge in [-0.05, 0) is 37.9 Å². The summed E-state index contributed by atoms with van der Waals surface area (Å²) in [6, 6.07) is 0. The zero-order valence-electron chi connectivity index (χ0n) is 14.5. The molecular weight excluding hydrogens is 306 g/mol. The average Bonchev–Trinajstić information content (AvgIpc) is 3.03. The Bertz CT molecular complexity index is 577. The number of nitrogens with one attached hydrogen (secondary N) is 1. The van der Waals surface area contributed by atoms with Gasteiger partial charge in [-0.2, -0.15) is 4.98 Å². The summed E-state index contributed by atoms with van der Waals surface area (Å²) >= 11 is 0. The van der Waals surface area contributed by atoms with Crippen LogP contribution in [0.5, 0.6) is 0 Å². The van der Waals surface area contributed by atoms with E-state index in [0.717, 1.165) is 38.2 Å². The first kappa shape index (κ1) is 17.1. The molecule has 132 valence electrons. The second-order valence-electron chi connectivity index (χ2n) is 6.60. The first-order chi connectivity index (χ1) is 11.7. The third-order valence-corrected chi connectivity index (χ3v) is 4.67. The van der Waals surface area contributed by atoms with E-state index in [1.54, 1.807) is 6.92 Å². The van der Waals surface area contributed by atoms with Crippen molar-refractivity contribution in [1.82, 2.24) is 25.3 Å². The number of hydrogen-bond donors (Lipinski definition) is 1. The fourth-order valence-electron chi connectivity index (χ4n) is 3.28. The summed E-state index contributed by atoms with van der Waals surface area (Å²) in [7, 11) is 0. The van der Waals surface area contributed by atoms with E-state index in [1.165, 1.54) is 32.4 Å². The fourth-order valence-corrected chi connectivity index (χ4v) is 3.28. The van der Waals surface area contributed by atoms with Crippen LogP contribution in [0.3, 0.4) is 0 Å². The van der Waals surface area contributed by atoms with E-state index >= 15 is 0 Å². The van der Waals surface area contributed by atoms with Crippen LogP contribution in [0.2, 0.25) is 0 Å². The van der Waals surface area contributed by atoms with Crippen molar-refractivity contribution in [1.29, 1.82) is 0 Å². The maximum atomic E-state index is 12.1. The van der Waals surface area contributed by atoms with E-state index in [2.05, 4.69) is 31.3 Å². The van der Waals surface area contributed by atoms with Crippen LogP contribution in [0, 0.1) is 6.92 Å². The molecule has 0 bridgehead atoms. The van der Waals surface area contributed by atoms with Gasteiger partial charge < -0.3 is 14.7 Å². The lowest BCUT2D eigenvalue weighted by molar-refractivity contribution is -0.122. The lowest BCUT2D eigenvalue weighted by atomic mass is 10.1. The molecule has 1 amide bonds. The number of carbonyl (C=O) groups is 1. The van der Waals surface area contributed by atoms with Gasteiger partial charge in [0.2, 0.25) is 11.8 Å². The Kier molecular flexibility index (Phi) is 5.98. The third kappa shape index (κ3) is 4.88. The number of rotatable bonds is 6. The van der Waals surface area contributed by atoms with Gasteiger partial charge in [0.25, 0.3) is 0 Å². The number of likely N-dealkylation sites (tertiary alicyclic amines) is 1. The van der Waals surface area contributed by atoms with Crippen molar-refractivity contribution in [3.8, 4) is 0 Å². The van der Waals surface area contributed by atoms with E-state index in [-0.39, 0.29) is 5.91 Å². The molecule has 1 fully saturated rings. The standard InChI is InChI=1S/C17H27N5O2/c1-14-19-17(20-24-14)15-5-10-22(11-6-15)13-16(23)18-7-12-21-8-3-2-4-9-21/h5H,2-4,6-13H2,1H3,(H,18,23). The largest absolute Gasteiger partial charge is 0.354 e. The number of amides is 1. The monoisotopic (exact) mass is 333 g/mol. The van der Waals surface area contributed by atoms with Gasteiger partial charge in [-0.3, -0.25) is 9.69 Å². The summed E-state index contributed by atoms with van der Waals surface area (Å²) in [5.74, 6) is 1.37. The average molecular weight is 333 g/mol. The Morgan fingerprint density at radius 2 is 2.08 bits per heavy atom. The Labute approximate surface area is 143 Å². The molecule has 1 saturated heterocycles. The molecule has 1 aromatic heterocycles. The highest BCUT2D eigenvalue weighted by molar-refractivity contribution is 5.78. The highest BCUT2D eigenvalue weighted by atomic mass is 16.5. The highest BCUT2D eigenvalue weighted by Crippen LogP contribution is 2.19. The third-order valence-electron chi connectivity index (χ3n) is 4.67. The number of hydrogen-bond acceptors (Lipinski definition) is 6. The molecule has 3 heterocycles. The summed E-state index contributed by atoms with van der Waals surface area (Å²) in [6.07, 6.45) is 6.86. The Morgan fingerprint density at radius 3 is 2.75 bits per heavy atom. The summed E-state index contributed by atoms with van der Waals surface area (Å²) in [6.45, 7) is 7.90. The highest BCUT2D eigenvalue weighted by Gasteiger charge is 2.18. The molecule has 24 heavy (non-hydrogen) atoms. The zero-order chi connectivity index (χ0) is 16.8. The number of carbonyl (C=O) groups excluding carboxylic acids is 1. The predicted molar refractivity (Wildman–Crippen MR) is 91.4 cm³/mol. The normalized spacial score (nSPS) is 20.0. The molecule has 0 atom stereocenters. The van der Waals surface area contributed by atoms with Gasteiger partial charge >= 0.3 is 0 Å². The molecule has 0 aromatic carbocycles. The minimum atomic E-state index is 0.110. The molecule has 2 aliphatic heterocycles. The van der Waals surface area contributed by atoms with Crippen molar-refractivity contribution in [2.45, 2.75) is 32.6 Å². The van der Waals surface area contributed by atoms with Gasteiger partial charge in [0.1, 0.15) is 0 Å². The predicted octanol–water partition coefficient (Wildman–Crippen LogP) is 1.07. The maximum absolute atomic E-state index is 12.1. The van der Waals surface area contributed by atoms with E-state index in [4.69, 9.17) is 4.52 Å². The molecule has 1 N–H and O–H groups in total. The van der Waals surface area contributed by atoms with Crippen molar-refractivity contribution < 1.29 is 9.32 Å². The number of aryl methyl sites for hydroxylation is 1. The topological polar surface area (TPSA) is 74.5 Å². The van der Waals surface area contributed by atoms with E-state index in [0.29, 0.717) is 18.3 Å². The molecule has 1 aromatic rings. The van der Waals surface area contributed by atoms with Crippen LogP contribution in [0.4, 0.5) is 0 Å². The van der Waals surface area contributed by atoms with Gasteiger partial charge in [0.15, 0.2) is 5.82 Å². The van der Waals surface area contributed by atoms with Crippen LogP contribution >= 0.6 is 0 Å². The first-order valence-electron chi connectivity index (χ1n) is 8.92. The second-order valence-corrected chi connectivity index (χ2v) is 6.60. The quantitative estimate of drug-likeness (QED) is 0.839. The Hall–Kier alpha value is -1.73. The van der Waals surface area contributed by atoms with Gasteiger partial charge in [-0.1, -0.05) is 17.7 Å². The summed E-state index contributed by atoms with van der Waals surface area (Å²) in [5, 5.41) is 6.99. The van der Waals surface area contributed by atoms with E-state index in [1.807, 2.05) is 0 Å². The first-order valence-corrected chi connectivity index (χ1v) is 8.92. The summed E-state index contributed by atoms with van der Waals surface area (Å²) in [4.78, 5) is 20.9. The van der Waals surface area contributed by atoms with Crippen molar-refractivity contribution >= 4 is 11.5 Å². The van der Waals surface area contributed by atoms with Gasteiger partial charge in [0, 0.05) is 33.1 Å². The van der Waals surface area contributed by atoms with Crippen LogP contribution in [0.15, 0.2) is 10.6 Å². The lowest BCUT2D eigenvalue weighted by Gasteiger charge is -2.27. The minimum Gasteiger partial charge on any atom is -0.354 e. The van der Waals surface area contributed by atoms with Crippen LogP contribution in [-0.4, -0.2) is 71.7 Å². The number of nitrogens with zero attached hydrogens (tertiary/aromatic N) is 4. The molecule has 0 radical (unpaired) electrons. The van der Waals surface area contributed by atoms with Crippen LogP contribution in [0.25, 0.3) is 5.57 Å². The summed E-state index contributed by atoms with van der Waals surface area (Å²) < 4.78 is 5.02. The van der Waals surface area contributed by atoms with Gasteiger partial charge in [-0.15, -0.1) is 0 Å². The van der Waals surface area contributed by atoms with E-state index in [9.17, 15) is 4.79 Å². The van der Waals surface area contributed by atoms with Crippen LogP contribution in [-0.2, 0) is 4.79 Å². The number of piperidine rings is 1. The molecule has 0 unspecified atom stereocenters. The summed E-state index contributed by atoms with van der Waals surface area (Å²) in [5.41, 5.74) is 1.11. The zero-order valence-corrected chi connectivity index (χ0v) is 14.5.